The smallest absolute Gasteiger partial charge is 0.543 e. The maximum atomic E-state index is 12.6. The van der Waals surface area contributed by atoms with Crippen LogP contribution in [0.1, 0.15) is 12.6 Å². The van der Waals surface area contributed by atoms with Crippen LogP contribution in [-0.4, -0.2) is 66.7 Å². The zero-order valence-corrected chi connectivity index (χ0v) is 21.2. The first kappa shape index (κ1) is 26.2. The van der Waals surface area contributed by atoms with E-state index in [1.165, 1.54) is 28.6 Å². The first-order valence-corrected chi connectivity index (χ1v) is 11.2. The predicted octanol–water partition coefficient (Wildman–Crippen LogP) is -3.63. The maximum absolute atomic E-state index is 12.6. The van der Waals surface area contributed by atoms with Gasteiger partial charge in [-0.15, -0.1) is 23.1 Å². The Balaban J connectivity index is 0.00000363. The Morgan fingerprint density at radius 2 is 2.16 bits per heavy atom. The molecule has 1 aromatic heterocycles. The van der Waals surface area contributed by atoms with Crippen molar-refractivity contribution < 1.29 is 59.5 Å². The molecule has 1 unspecified atom stereocenters. The number of nitrogens with zero attached hydrogens (tertiary/aromatic N) is 4. The zero-order valence-electron chi connectivity index (χ0n) is 16.7. The first-order chi connectivity index (χ1) is 14.8. The summed E-state index contributed by atoms with van der Waals surface area (Å²) in [6.45, 7) is 1.55. The van der Waals surface area contributed by atoms with Crippen LogP contribution in [0.4, 0.5) is 5.13 Å². The molecular weight excluding hydrogens is 491 g/mol. The minimum Gasteiger partial charge on any atom is -0.543 e. The van der Waals surface area contributed by atoms with Gasteiger partial charge in [0.1, 0.15) is 17.1 Å². The topological polar surface area (TPSA) is 194 Å². The summed E-state index contributed by atoms with van der Waals surface area (Å²) in [5, 5.41) is 40.3. The number of aliphatic carboxylic acids is 1. The summed E-state index contributed by atoms with van der Waals surface area (Å²) in [6, 6.07) is -1.02. The number of hydrogen-bond acceptors (Lipinski definition) is 13. The van der Waals surface area contributed by atoms with Crippen molar-refractivity contribution in [2.75, 3.05) is 11.5 Å². The molecule has 0 aromatic carbocycles. The number of carboxylic acid groups (broad SMARTS) is 1. The number of allylic oxidation sites excluding steroid dienone is 1. The summed E-state index contributed by atoms with van der Waals surface area (Å²) >= 11 is 3.35. The van der Waals surface area contributed by atoms with Gasteiger partial charge in [0.15, 0.2) is 10.8 Å². The van der Waals surface area contributed by atoms with Crippen LogP contribution in [0.3, 0.4) is 0 Å². The molecule has 1 saturated heterocycles. The predicted molar refractivity (Wildman–Crippen MR) is 114 cm³/mol. The van der Waals surface area contributed by atoms with Crippen molar-refractivity contribution in [1.29, 1.82) is 0 Å². The summed E-state index contributed by atoms with van der Waals surface area (Å²) < 4.78 is 0. The average Bonchev–Trinajstić information content (AvgIpc) is 3.17. The van der Waals surface area contributed by atoms with Crippen LogP contribution >= 0.6 is 34.9 Å². The van der Waals surface area contributed by atoms with E-state index in [0.29, 0.717) is 10.6 Å². The van der Waals surface area contributed by atoms with Crippen LogP contribution in [0.5, 0.6) is 0 Å². The third-order valence-corrected chi connectivity index (χ3v) is 7.20. The number of amides is 2. The van der Waals surface area contributed by atoms with Crippen LogP contribution in [0.25, 0.3) is 0 Å². The van der Waals surface area contributed by atoms with Crippen LogP contribution < -0.4 is 45.7 Å². The second-order valence-corrected chi connectivity index (χ2v) is 9.10. The molecule has 0 spiro atoms. The van der Waals surface area contributed by atoms with Crippen LogP contribution in [0.2, 0.25) is 0 Å². The average molecular weight is 507 g/mol. The molecular formula is C16H15N6NaO6S3. The number of β-lactam (4-membered cyclic amide) rings is 1. The molecule has 1 fully saturated rings. The molecule has 2 aliphatic heterocycles. The van der Waals surface area contributed by atoms with E-state index < -0.39 is 34.9 Å². The van der Waals surface area contributed by atoms with Gasteiger partial charge in [0, 0.05) is 16.0 Å². The molecule has 3 heterocycles. The molecule has 3 rings (SSSR count). The van der Waals surface area contributed by atoms with E-state index in [1.54, 1.807) is 6.92 Å². The Kier molecular flexibility index (Phi) is 9.18. The largest absolute Gasteiger partial charge is 1.00 e. The Morgan fingerprint density at radius 3 is 2.72 bits per heavy atom. The SMILES string of the molecule is CC(/C=C/SC1=C(C(=O)[O-])N2C(=O)C(NC(=O)/C(=N\O)c3csc(N)n3)[C@H]2SC1)=N\O.[Na+]. The van der Waals surface area contributed by atoms with E-state index in [1.807, 2.05) is 0 Å². The number of nitrogen functional groups attached to an aromatic ring is 1. The van der Waals surface area contributed by atoms with Gasteiger partial charge in [0.25, 0.3) is 11.8 Å². The minimum atomic E-state index is -1.53. The van der Waals surface area contributed by atoms with Crippen molar-refractivity contribution in [3.05, 3.63) is 33.2 Å². The number of carbonyl (C=O) groups is 3. The van der Waals surface area contributed by atoms with Gasteiger partial charge in [-0.05, 0) is 18.4 Å². The summed E-state index contributed by atoms with van der Waals surface area (Å²) in [6.07, 6.45) is 1.48. The van der Waals surface area contributed by atoms with Gasteiger partial charge in [-0.3, -0.25) is 14.5 Å². The molecule has 16 heteroatoms. The number of nitrogens with one attached hydrogen (secondary N) is 1. The Labute approximate surface area is 216 Å². The number of hydrogen-bond donors (Lipinski definition) is 4. The number of rotatable bonds is 7. The third-order valence-electron chi connectivity index (χ3n) is 4.17. The number of thiazole rings is 1. The molecule has 0 bridgehead atoms. The fourth-order valence-electron chi connectivity index (χ4n) is 2.74. The van der Waals surface area contributed by atoms with Gasteiger partial charge in [-0.2, -0.15) is 0 Å². The van der Waals surface area contributed by atoms with Crippen LogP contribution in [-0.2, 0) is 14.4 Å². The van der Waals surface area contributed by atoms with Crippen LogP contribution in [0, 0.1) is 0 Å². The number of carbonyl (C=O) groups excluding carboxylic acids is 3. The zero-order chi connectivity index (χ0) is 22.7. The van der Waals surface area contributed by atoms with Gasteiger partial charge < -0.3 is 31.4 Å². The molecule has 164 valence electrons. The first-order valence-electron chi connectivity index (χ1n) is 8.43. The molecule has 0 radical (unpaired) electrons. The Hall–Kier alpha value is -2.04. The van der Waals surface area contributed by atoms with E-state index in [9.17, 15) is 24.7 Å². The normalized spacial score (nSPS) is 21.2. The van der Waals surface area contributed by atoms with Gasteiger partial charge in [-0.25, -0.2) is 4.98 Å². The number of aromatic nitrogens is 1. The molecule has 12 nitrogen and oxygen atoms in total. The summed E-state index contributed by atoms with van der Waals surface area (Å²) in [7, 11) is 0. The second kappa shape index (κ2) is 11.2. The van der Waals surface area contributed by atoms with E-state index in [0.717, 1.165) is 28.0 Å². The summed E-state index contributed by atoms with van der Waals surface area (Å²) in [4.78, 5) is 42.1. The van der Waals surface area contributed by atoms with E-state index in [4.69, 9.17) is 10.9 Å². The van der Waals surface area contributed by atoms with Crippen molar-refractivity contribution in [2.45, 2.75) is 18.3 Å². The quantitative estimate of drug-likeness (QED) is 0.0942. The van der Waals surface area contributed by atoms with Crippen molar-refractivity contribution in [1.82, 2.24) is 15.2 Å². The fraction of sp³-hybridized carbons (Fsp3) is 0.250. The van der Waals surface area contributed by atoms with Crippen molar-refractivity contribution in [3.63, 3.8) is 0 Å². The number of carboxylic acids is 1. The van der Waals surface area contributed by atoms with Gasteiger partial charge >= 0.3 is 29.6 Å². The number of oxime groups is 2. The Morgan fingerprint density at radius 1 is 1.44 bits per heavy atom. The standard InChI is InChI=1S/C16H16N6O6S3.Na/c1-6(20-27)2-3-29-8-5-30-14-10(13(24)22(14)11(8)15(25)26)19-12(23)9(21-28)7-4-31-16(17)18-7;/h2-4,10,14,27-28H,5H2,1H3,(H2,17,18)(H,19,23)(H,25,26);/q;+1/p-1/b3-2+,20-6+,21-9-;/t10?,14-;/m1./s1. The molecule has 2 aliphatic rings. The van der Waals surface area contributed by atoms with Gasteiger partial charge in [0.2, 0.25) is 0 Å². The number of thioether (sulfide) groups is 2. The van der Waals surface area contributed by atoms with E-state index in [2.05, 4.69) is 20.6 Å². The van der Waals surface area contributed by atoms with Gasteiger partial charge in [-0.1, -0.05) is 22.1 Å². The molecule has 5 N–H and O–H groups in total. The van der Waals surface area contributed by atoms with Gasteiger partial charge in [0.05, 0.1) is 17.4 Å². The summed E-state index contributed by atoms with van der Waals surface area (Å²) in [5.41, 5.74) is 5.18. The molecule has 1 aromatic rings. The van der Waals surface area contributed by atoms with Crippen molar-refractivity contribution in [3.8, 4) is 0 Å². The second-order valence-electron chi connectivity index (χ2n) is 6.10. The number of anilines is 1. The minimum absolute atomic E-state index is 0. The number of nitrogens with two attached hydrogens (primary N) is 1. The fourth-order valence-corrected chi connectivity index (χ4v) is 5.68. The molecule has 32 heavy (non-hydrogen) atoms. The summed E-state index contributed by atoms with van der Waals surface area (Å²) in [5.74, 6) is -2.78. The molecule has 2 atom stereocenters. The van der Waals surface area contributed by atoms with Crippen molar-refractivity contribution in [2.24, 2.45) is 10.3 Å². The maximum Gasteiger partial charge on any atom is 1.00 e. The third kappa shape index (κ3) is 5.29. The molecule has 2 amide bonds. The molecule has 0 aliphatic carbocycles. The van der Waals surface area contributed by atoms with E-state index in [-0.39, 0.29) is 51.8 Å². The van der Waals surface area contributed by atoms with Crippen molar-refractivity contribution >= 4 is 69.2 Å². The van der Waals surface area contributed by atoms with Crippen LogP contribution in [0.15, 0.2) is 37.8 Å². The van der Waals surface area contributed by atoms with E-state index >= 15 is 0 Å². The number of fused-ring (bicyclic) bond motifs is 1. The monoisotopic (exact) mass is 506 g/mol. The Bertz CT molecular complexity index is 1050. The molecule has 0 saturated carbocycles.